The van der Waals surface area contributed by atoms with Crippen molar-refractivity contribution in [3.63, 3.8) is 0 Å². The number of nitrogens with one attached hydrogen (secondary N) is 1. The first-order valence-electron chi connectivity index (χ1n) is 5.99. The Balaban J connectivity index is 2.47. The predicted octanol–water partition coefficient (Wildman–Crippen LogP) is 3.09. The predicted molar refractivity (Wildman–Crippen MR) is 74.7 cm³/mol. The first-order chi connectivity index (χ1) is 9.70. The Morgan fingerprint density at radius 3 is 2.38 bits per heavy atom. The maximum Gasteiger partial charge on any atom is 0.264 e. The van der Waals surface area contributed by atoms with Crippen LogP contribution in [-0.2, 0) is 10.0 Å². The molecule has 0 aromatic heterocycles. The van der Waals surface area contributed by atoms with Crippen molar-refractivity contribution in [3.8, 4) is 5.75 Å². The molecule has 0 spiro atoms. The van der Waals surface area contributed by atoms with Crippen LogP contribution in [0.25, 0.3) is 0 Å². The van der Waals surface area contributed by atoms with E-state index in [1.165, 1.54) is 12.1 Å². The molecule has 0 saturated carbocycles. The summed E-state index contributed by atoms with van der Waals surface area (Å²) in [6.07, 6.45) is 0. The lowest BCUT2D eigenvalue weighted by Crippen LogP contribution is -2.15. The van der Waals surface area contributed by atoms with Crippen LogP contribution in [0.3, 0.4) is 0 Å². The van der Waals surface area contributed by atoms with Gasteiger partial charge in [-0.1, -0.05) is 0 Å². The first-order valence-corrected chi connectivity index (χ1v) is 7.47. The topological polar surface area (TPSA) is 66.4 Å². The Bertz CT molecular complexity index is 804. The van der Waals surface area contributed by atoms with Crippen LogP contribution in [0.1, 0.15) is 11.1 Å². The highest BCUT2D eigenvalue weighted by molar-refractivity contribution is 7.92. The highest BCUT2D eigenvalue weighted by atomic mass is 32.2. The van der Waals surface area contributed by atoms with Gasteiger partial charge in [-0.2, -0.15) is 0 Å². The highest BCUT2D eigenvalue weighted by Gasteiger charge is 2.21. The number of hydrogen-bond donors (Lipinski definition) is 2. The molecule has 7 heteroatoms. The van der Waals surface area contributed by atoms with Gasteiger partial charge in [0.25, 0.3) is 10.0 Å². The number of aromatic hydroxyl groups is 1. The van der Waals surface area contributed by atoms with E-state index < -0.39 is 26.6 Å². The number of rotatable bonds is 3. The van der Waals surface area contributed by atoms with E-state index in [0.29, 0.717) is 17.2 Å². The van der Waals surface area contributed by atoms with Gasteiger partial charge in [0.1, 0.15) is 22.3 Å². The molecular formula is C14H13F2NO3S. The lowest BCUT2D eigenvalue weighted by atomic mass is 10.1. The molecule has 0 radical (unpaired) electrons. The molecule has 0 amide bonds. The summed E-state index contributed by atoms with van der Waals surface area (Å²) >= 11 is 0. The monoisotopic (exact) mass is 313 g/mol. The minimum Gasteiger partial charge on any atom is -0.508 e. The second kappa shape index (κ2) is 5.33. The fourth-order valence-electron chi connectivity index (χ4n) is 1.79. The van der Waals surface area contributed by atoms with Gasteiger partial charge in [-0.05, 0) is 55.3 Å². The van der Waals surface area contributed by atoms with Gasteiger partial charge in [0.05, 0.1) is 5.69 Å². The molecule has 2 aromatic carbocycles. The van der Waals surface area contributed by atoms with Crippen molar-refractivity contribution in [2.75, 3.05) is 4.72 Å². The molecule has 0 fully saturated rings. The van der Waals surface area contributed by atoms with Crippen molar-refractivity contribution in [1.82, 2.24) is 0 Å². The van der Waals surface area contributed by atoms with Gasteiger partial charge in [-0.3, -0.25) is 4.72 Å². The van der Waals surface area contributed by atoms with Gasteiger partial charge in [0, 0.05) is 0 Å². The van der Waals surface area contributed by atoms with E-state index in [1.54, 1.807) is 13.8 Å². The summed E-state index contributed by atoms with van der Waals surface area (Å²) < 4.78 is 53.2. The van der Waals surface area contributed by atoms with Crippen LogP contribution in [0.2, 0.25) is 0 Å². The summed E-state index contributed by atoms with van der Waals surface area (Å²) in [6.45, 7) is 3.17. The Labute approximate surface area is 121 Å². The standard InChI is InChI=1S/C14H13F2NO3S/c1-8-6-13(18)9(2)5-12(8)17-21(19,20)14-7-10(15)3-4-11(14)16/h3-7,17-18H,1-2H3. The molecule has 0 aliphatic rings. The largest absolute Gasteiger partial charge is 0.508 e. The maximum atomic E-state index is 13.6. The minimum atomic E-state index is -4.27. The number of hydrogen-bond acceptors (Lipinski definition) is 3. The average Bonchev–Trinajstić information content (AvgIpc) is 2.38. The van der Waals surface area contributed by atoms with Crippen LogP contribution < -0.4 is 4.72 Å². The normalized spacial score (nSPS) is 11.4. The van der Waals surface area contributed by atoms with Crippen LogP contribution in [0.4, 0.5) is 14.5 Å². The molecule has 0 unspecified atom stereocenters. The van der Waals surface area contributed by atoms with E-state index in [2.05, 4.69) is 4.72 Å². The van der Waals surface area contributed by atoms with Gasteiger partial charge < -0.3 is 5.11 Å². The molecule has 4 nitrogen and oxygen atoms in total. The average molecular weight is 313 g/mol. The second-order valence-corrected chi connectivity index (χ2v) is 6.28. The summed E-state index contributed by atoms with van der Waals surface area (Å²) in [6, 6.07) is 5.00. The smallest absolute Gasteiger partial charge is 0.264 e. The molecule has 0 heterocycles. The molecule has 0 saturated heterocycles. The van der Waals surface area contributed by atoms with Crippen LogP contribution >= 0.6 is 0 Å². The number of aryl methyl sites for hydroxylation is 2. The van der Waals surface area contributed by atoms with Crippen LogP contribution in [-0.4, -0.2) is 13.5 Å². The third-order valence-corrected chi connectivity index (χ3v) is 4.35. The summed E-state index contributed by atoms with van der Waals surface area (Å²) in [5.41, 5.74) is 1.10. The van der Waals surface area contributed by atoms with Gasteiger partial charge >= 0.3 is 0 Å². The van der Waals surface area contributed by atoms with Crippen LogP contribution in [0.5, 0.6) is 5.75 Å². The molecule has 112 valence electrons. The van der Waals surface area contributed by atoms with Crippen molar-refractivity contribution in [2.24, 2.45) is 0 Å². The Morgan fingerprint density at radius 1 is 1.05 bits per heavy atom. The van der Waals surface area contributed by atoms with Crippen LogP contribution in [0, 0.1) is 25.5 Å². The SMILES string of the molecule is Cc1cc(NS(=O)(=O)c2cc(F)ccc2F)c(C)cc1O. The molecule has 2 rings (SSSR count). The maximum absolute atomic E-state index is 13.6. The fourth-order valence-corrected chi connectivity index (χ4v) is 3.01. The quantitative estimate of drug-likeness (QED) is 0.856. The molecule has 0 aliphatic carbocycles. The van der Waals surface area contributed by atoms with Gasteiger partial charge in [0.15, 0.2) is 0 Å². The second-order valence-electron chi connectivity index (χ2n) is 4.63. The van der Waals surface area contributed by atoms with Gasteiger partial charge in [0.2, 0.25) is 0 Å². The third kappa shape index (κ3) is 3.13. The van der Waals surface area contributed by atoms with E-state index in [4.69, 9.17) is 0 Å². The fraction of sp³-hybridized carbons (Fsp3) is 0.143. The van der Waals surface area contributed by atoms with Gasteiger partial charge in [-0.15, -0.1) is 0 Å². The molecule has 21 heavy (non-hydrogen) atoms. The molecule has 0 aliphatic heterocycles. The zero-order valence-electron chi connectivity index (χ0n) is 11.3. The zero-order valence-corrected chi connectivity index (χ0v) is 12.1. The number of phenols is 1. The lowest BCUT2D eigenvalue weighted by Gasteiger charge is -2.13. The summed E-state index contributed by atoms with van der Waals surface area (Å²) in [5, 5.41) is 9.53. The van der Waals surface area contributed by atoms with Crippen molar-refractivity contribution in [2.45, 2.75) is 18.7 Å². The van der Waals surface area contributed by atoms with E-state index in [-0.39, 0.29) is 11.4 Å². The van der Waals surface area contributed by atoms with E-state index in [0.717, 1.165) is 12.1 Å². The molecular weight excluding hydrogens is 300 g/mol. The van der Waals surface area contributed by atoms with Crippen LogP contribution in [0.15, 0.2) is 35.2 Å². The molecule has 2 aromatic rings. The summed E-state index contributed by atoms with van der Waals surface area (Å²) in [7, 11) is -4.27. The number of sulfonamides is 1. The Morgan fingerprint density at radius 2 is 1.71 bits per heavy atom. The van der Waals surface area contributed by atoms with E-state index >= 15 is 0 Å². The van der Waals surface area contributed by atoms with Gasteiger partial charge in [-0.25, -0.2) is 17.2 Å². The van der Waals surface area contributed by atoms with E-state index in [1.807, 2.05) is 0 Å². The lowest BCUT2D eigenvalue weighted by molar-refractivity contribution is 0.471. The third-order valence-electron chi connectivity index (χ3n) is 2.97. The Kier molecular flexibility index (Phi) is 3.87. The van der Waals surface area contributed by atoms with Crippen molar-refractivity contribution >= 4 is 15.7 Å². The van der Waals surface area contributed by atoms with E-state index in [9.17, 15) is 22.3 Å². The Hall–Kier alpha value is -2.15. The first kappa shape index (κ1) is 15.2. The zero-order chi connectivity index (χ0) is 15.8. The van der Waals surface area contributed by atoms with Crippen molar-refractivity contribution in [3.05, 3.63) is 53.1 Å². The summed E-state index contributed by atoms with van der Waals surface area (Å²) in [5.74, 6) is -1.88. The molecule has 0 bridgehead atoms. The number of anilines is 1. The number of benzene rings is 2. The summed E-state index contributed by atoms with van der Waals surface area (Å²) in [4.78, 5) is -0.771. The highest BCUT2D eigenvalue weighted by Crippen LogP contribution is 2.27. The number of halogens is 2. The van der Waals surface area contributed by atoms with Crippen molar-refractivity contribution < 1.29 is 22.3 Å². The van der Waals surface area contributed by atoms with Crippen molar-refractivity contribution in [1.29, 1.82) is 0 Å². The number of phenolic OH excluding ortho intramolecular Hbond substituents is 1. The molecule has 0 atom stereocenters. The molecule has 2 N–H and O–H groups in total. The minimum absolute atomic E-state index is 0.0207.